The standard InChI is InChI=1S/C8H11BrN4/c9-5-6-2-1-3-7(4-6)8(12-10)13-11/h1-4H,5,10-11H2,(H,12,13). The van der Waals surface area contributed by atoms with Crippen LogP contribution in [0.15, 0.2) is 29.4 Å². The van der Waals surface area contributed by atoms with Gasteiger partial charge in [0.2, 0.25) is 0 Å². The second kappa shape index (κ2) is 4.84. The smallest absolute Gasteiger partial charge is 0.166 e. The number of nitrogens with two attached hydrogens (primary N) is 2. The summed E-state index contributed by atoms with van der Waals surface area (Å²) in [4.78, 5) is 0. The molecule has 0 aliphatic heterocycles. The first-order valence-corrected chi connectivity index (χ1v) is 4.83. The SMILES string of the molecule is N/N=C(\NN)c1cccc(CBr)c1. The average molecular weight is 243 g/mol. The minimum Gasteiger partial charge on any atom is -0.321 e. The van der Waals surface area contributed by atoms with Gasteiger partial charge in [0.15, 0.2) is 5.84 Å². The highest BCUT2D eigenvalue weighted by Crippen LogP contribution is 2.08. The lowest BCUT2D eigenvalue weighted by Gasteiger charge is -2.04. The molecule has 0 amide bonds. The van der Waals surface area contributed by atoms with Crippen molar-refractivity contribution >= 4 is 21.8 Å². The number of hydrazine groups is 1. The summed E-state index contributed by atoms with van der Waals surface area (Å²) in [6, 6.07) is 7.77. The van der Waals surface area contributed by atoms with Crippen LogP contribution >= 0.6 is 15.9 Å². The summed E-state index contributed by atoms with van der Waals surface area (Å²) in [5.74, 6) is 10.8. The van der Waals surface area contributed by atoms with Gasteiger partial charge >= 0.3 is 0 Å². The van der Waals surface area contributed by atoms with Gasteiger partial charge in [-0.15, -0.1) is 0 Å². The molecular formula is C8H11BrN4. The van der Waals surface area contributed by atoms with E-state index in [1.807, 2.05) is 24.3 Å². The van der Waals surface area contributed by atoms with Crippen LogP contribution in [0.4, 0.5) is 0 Å². The lowest BCUT2D eigenvalue weighted by Crippen LogP contribution is -2.32. The van der Waals surface area contributed by atoms with E-state index in [2.05, 4.69) is 26.5 Å². The fraction of sp³-hybridized carbons (Fsp3) is 0.125. The highest BCUT2D eigenvalue weighted by atomic mass is 79.9. The Morgan fingerprint density at radius 1 is 1.54 bits per heavy atom. The first kappa shape index (κ1) is 10.0. The van der Waals surface area contributed by atoms with Gasteiger partial charge < -0.3 is 11.3 Å². The number of rotatable bonds is 2. The normalized spacial score (nSPS) is 11.4. The van der Waals surface area contributed by atoms with Crippen molar-refractivity contribution in [2.75, 3.05) is 0 Å². The number of alkyl halides is 1. The molecule has 0 heterocycles. The fourth-order valence-corrected chi connectivity index (χ4v) is 1.35. The second-order valence-electron chi connectivity index (χ2n) is 2.46. The van der Waals surface area contributed by atoms with Crippen molar-refractivity contribution in [2.45, 2.75) is 5.33 Å². The molecule has 0 radical (unpaired) electrons. The molecule has 0 saturated carbocycles. The van der Waals surface area contributed by atoms with Crippen LogP contribution in [0.2, 0.25) is 0 Å². The molecule has 0 atom stereocenters. The number of halogens is 1. The molecule has 4 nitrogen and oxygen atoms in total. The molecule has 0 fully saturated rings. The molecule has 0 saturated heterocycles. The molecule has 1 aromatic carbocycles. The fourth-order valence-electron chi connectivity index (χ4n) is 0.997. The summed E-state index contributed by atoms with van der Waals surface area (Å²) < 4.78 is 0. The third-order valence-corrected chi connectivity index (χ3v) is 2.27. The van der Waals surface area contributed by atoms with Gasteiger partial charge in [0.25, 0.3) is 0 Å². The second-order valence-corrected chi connectivity index (χ2v) is 3.02. The largest absolute Gasteiger partial charge is 0.321 e. The number of hydrazone groups is 1. The Bertz CT molecular complexity index is 311. The van der Waals surface area contributed by atoms with Crippen LogP contribution in [0.5, 0.6) is 0 Å². The number of amidine groups is 1. The van der Waals surface area contributed by atoms with Crippen molar-refractivity contribution in [1.29, 1.82) is 0 Å². The van der Waals surface area contributed by atoms with Crippen LogP contribution in [0.1, 0.15) is 11.1 Å². The van der Waals surface area contributed by atoms with Gasteiger partial charge in [-0.05, 0) is 11.6 Å². The Hall–Kier alpha value is -1.07. The van der Waals surface area contributed by atoms with Crippen molar-refractivity contribution in [1.82, 2.24) is 5.43 Å². The summed E-state index contributed by atoms with van der Waals surface area (Å²) in [7, 11) is 0. The van der Waals surface area contributed by atoms with Crippen molar-refractivity contribution < 1.29 is 0 Å². The summed E-state index contributed by atoms with van der Waals surface area (Å²) >= 11 is 3.36. The van der Waals surface area contributed by atoms with Gasteiger partial charge in [-0.25, -0.2) is 5.84 Å². The zero-order valence-corrected chi connectivity index (χ0v) is 8.58. The zero-order valence-electron chi connectivity index (χ0n) is 7.00. The van der Waals surface area contributed by atoms with Crippen LogP contribution in [-0.4, -0.2) is 5.84 Å². The first-order chi connectivity index (χ1) is 6.31. The van der Waals surface area contributed by atoms with Crippen LogP contribution < -0.4 is 17.1 Å². The van der Waals surface area contributed by atoms with E-state index in [1.54, 1.807) is 0 Å². The van der Waals surface area contributed by atoms with Gasteiger partial charge in [-0.1, -0.05) is 34.1 Å². The van der Waals surface area contributed by atoms with Gasteiger partial charge in [0.1, 0.15) is 0 Å². The Labute approximate surface area is 85.1 Å². The monoisotopic (exact) mass is 242 g/mol. The predicted octanol–water partition coefficient (Wildman–Crippen LogP) is 0.665. The van der Waals surface area contributed by atoms with Crippen molar-refractivity contribution in [2.24, 2.45) is 16.8 Å². The van der Waals surface area contributed by atoms with E-state index in [9.17, 15) is 0 Å². The third-order valence-electron chi connectivity index (χ3n) is 1.62. The van der Waals surface area contributed by atoms with E-state index >= 15 is 0 Å². The molecule has 0 spiro atoms. The molecule has 70 valence electrons. The van der Waals surface area contributed by atoms with Crippen molar-refractivity contribution in [3.05, 3.63) is 35.4 Å². The number of nitrogens with one attached hydrogen (secondary N) is 1. The maximum atomic E-state index is 5.23. The van der Waals surface area contributed by atoms with Crippen LogP contribution in [0, 0.1) is 0 Å². The first-order valence-electron chi connectivity index (χ1n) is 3.71. The summed E-state index contributed by atoms with van der Waals surface area (Å²) in [5, 5.41) is 4.31. The molecule has 0 bridgehead atoms. The molecule has 0 aromatic heterocycles. The lowest BCUT2D eigenvalue weighted by molar-refractivity contribution is 1.00. The van der Waals surface area contributed by atoms with Gasteiger partial charge in [-0.3, -0.25) is 0 Å². The van der Waals surface area contributed by atoms with Crippen LogP contribution in [0.3, 0.4) is 0 Å². The van der Waals surface area contributed by atoms with E-state index in [0.717, 1.165) is 16.5 Å². The number of hydrogen-bond acceptors (Lipinski definition) is 3. The lowest BCUT2D eigenvalue weighted by atomic mass is 10.1. The summed E-state index contributed by atoms with van der Waals surface area (Å²) in [6.45, 7) is 0. The Balaban J connectivity index is 3.00. The Morgan fingerprint density at radius 2 is 2.31 bits per heavy atom. The number of benzene rings is 1. The minimum absolute atomic E-state index is 0.475. The Kier molecular flexibility index (Phi) is 3.72. The van der Waals surface area contributed by atoms with Gasteiger partial charge in [-0.2, -0.15) is 5.10 Å². The van der Waals surface area contributed by atoms with Crippen LogP contribution in [-0.2, 0) is 5.33 Å². The third kappa shape index (κ3) is 2.43. The highest BCUT2D eigenvalue weighted by molar-refractivity contribution is 9.08. The minimum atomic E-state index is 0.475. The zero-order chi connectivity index (χ0) is 9.68. The number of nitrogens with zero attached hydrogens (tertiary/aromatic N) is 1. The molecule has 0 unspecified atom stereocenters. The highest BCUT2D eigenvalue weighted by Gasteiger charge is 2.00. The number of hydrogen-bond donors (Lipinski definition) is 3. The van der Waals surface area contributed by atoms with Crippen LogP contribution in [0.25, 0.3) is 0 Å². The van der Waals surface area contributed by atoms with E-state index in [-0.39, 0.29) is 0 Å². The molecule has 1 aromatic rings. The van der Waals surface area contributed by atoms with E-state index < -0.39 is 0 Å². The summed E-state index contributed by atoms with van der Waals surface area (Å²) in [5.41, 5.74) is 4.45. The van der Waals surface area contributed by atoms with E-state index in [0.29, 0.717) is 5.84 Å². The molecule has 5 N–H and O–H groups in total. The Morgan fingerprint density at radius 3 is 2.85 bits per heavy atom. The molecule has 13 heavy (non-hydrogen) atoms. The molecule has 0 aliphatic carbocycles. The molecule has 5 heteroatoms. The maximum Gasteiger partial charge on any atom is 0.166 e. The van der Waals surface area contributed by atoms with E-state index in [4.69, 9.17) is 11.7 Å². The molecule has 0 aliphatic rings. The van der Waals surface area contributed by atoms with E-state index in [1.165, 1.54) is 0 Å². The average Bonchev–Trinajstić information content (AvgIpc) is 2.20. The topological polar surface area (TPSA) is 76.4 Å². The quantitative estimate of drug-likeness (QED) is 0.235. The van der Waals surface area contributed by atoms with Crippen molar-refractivity contribution in [3.8, 4) is 0 Å². The molecule has 1 rings (SSSR count). The van der Waals surface area contributed by atoms with Crippen molar-refractivity contribution in [3.63, 3.8) is 0 Å². The van der Waals surface area contributed by atoms with Gasteiger partial charge in [0.05, 0.1) is 0 Å². The molecular weight excluding hydrogens is 232 g/mol. The maximum absolute atomic E-state index is 5.23. The summed E-state index contributed by atoms with van der Waals surface area (Å²) in [6.07, 6.45) is 0. The van der Waals surface area contributed by atoms with Gasteiger partial charge in [0, 0.05) is 10.9 Å². The predicted molar refractivity (Wildman–Crippen MR) is 57.1 cm³/mol.